The van der Waals surface area contributed by atoms with Gasteiger partial charge in [0.15, 0.2) is 6.10 Å². The van der Waals surface area contributed by atoms with Crippen molar-refractivity contribution in [2.45, 2.75) is 32.4 Å². The number of carbonyl (C=O) groups excluding carboxylic acids is 1. The molecule has 0 saturated carbocycles. The van der Waals surface area contributed by atoms with Crippen LogP contribution in [0.5, 0.6) is 5.75 Å². The second kappa shape index (κ2) is 9.75. The van der Waals surface area contributed by atoms with Crippen LogP contribution in [-0.2, 0) is 11.2 Å². The van der Waals surface area contributed by atoms with Gasteiger partial charge in [-0.25, -0.2) is 0 Å². The molecule has 0 aliphatic heterocycles. The van der Waals surface area contributed by atoms with Crippen molar-refractivity contribution in [2.24, 2.45) is 0 Å². The Hall–Kier alpha value is -2.84. The fraction of sp³-hybridized carbons (Fsp3) is 0.364. The number of benzene rings is 2. The van der Waals surface area contributed by atoms with E-state index in [0.717, 1.165) is 12.0 Å². The molecular weight excluding hydrogens is 338 g/mol. The summed E-state index contributed by atoms with van der Waals surface area (Å²) < 4.78 is 5.67. The highest BCUT2D eigenvalue weighted by atomic mass is 16.5. The Balaban J connectivity index is 1.94. The number of hydrogen-bond donors (Lipinski definition) is 1. The fourth-order valence-corrected chi connectivity index (χ4v) is 2.78. The molecule has 0 saturated heterocycles. The van der Waals surface area contributed by atoms with Gasteiger partial charge in [-0.1, -0.05) is 31.2 Å². The molecule has 27 heavy (non-hydrogen) atoms. The highest BCUT2D eigenvalue weighted by Crippen LogP contribution is 2.19. The van der Waals surface area contributed by atoms with Crippen molar-refractivity contribution in [1.29, 1.82) is 5.26 Å². The zero-order chi connectivity index (χ0) is 19.8. The first-order valence-corrected chi connectivity index (χ1v) is 9.14. The lowest BCUT2D eigenvalue weighted by Gasteiger charge is -2.26. The van der Waals surface area contributed by atoms with Gasteiger partial charge in [0.25, 0.3) is 5.91 Å². The summed E-state index contributed by atoms with van der Waals surface area (Å²) in [5.41, 5.74) is 3.02. The van der Waals surface area contributed by atoms with Crippen LogP contribution in [0.4, 0.5) is 0 Å². The first-order valence-electron chi connectivity index (χ1n) is 9.14. The summed E-state index contributed by atoms with van der Waals surface area (Å²) in [6.07, 6.45) is 0.386. The van der Waals surface area contributed by atoms with Gasteiger partial charge >= 0.3 is 0 Å². The molecule has 0 aliphatic carbocycles. The van der Waals surface area contributed by atoms with Crippen LogP contribution in [0.1, 0.15) is 36.6 Å². The molecule has 0 aliphatic rings. The molecule has 2 rings (SSSR count). The molecular formula is C22H27N3O2. The average molecular weight is 365 g/mol. The second-order valence-corrected chi connectivity index (χ2v) is 6.72. The Bertz CT molecular complexity index is 777. The van der Waals surface area contributed by atoms with E-state index >= 15 is 0 Å². The lowest BCUT2D eigenvalue weighted by Crippen LogP contribution is -2.41. The van der Waals surface area contributed by atoms with Gasteiger partial charge < -0.3 is 15.0 Å². The zero-order valence-electron chi connectivity index (χ0n) is 16.4. The van der Waals surface area contributed by atoms with Crippen LogP contribution in [-0.4, -0.2) is 37.6 Å². The SMILES string of the molecule is CCc1ccc(C(CNC(=O)C(C)Oc2ccc(C#N)cc2)N(C)C)cc1. The number of amides is 1. The number of nitrogens with zero attached hydrogens (tertiary/aromatic N) is 2. The van der Waals surface area contributed by atoms with Gasteiger partial charge in [-0.15, -0.1) is 0 Å². The first kappa shape index (κ1) is 20.5. The van der Waals surface area contributed by atoms with Gasteiger partial charge in [-0.05, 0) is 62.8 Å². The van der Waals surface area contributed by atoms with E-state index in [1.807, 2.05) is 14.1 Å². The van der Waals surface area contributed by atoms with Crippen LogP contribution < -0.4 is 10.1 Å². The number of aryl methyl sites for hydroxylation is 1. The Kier molecular flexibility index (Phi) is 7.39. The van der Waals surface area contributed by atoms with E-state index in [9.17, 15) is 4.79 Å². The van der Waals surface area contributed by atoms with E-state index in [1.165, 1.54) is 5.56 Å². The number of likely N-dealkylation sites (N-methyl/N-ethyl adjacent to an activating group) is 1. The van der Waals surface area contributed by atoms with Gasteiger partial charge in [-0.2, -0.15) is 5.26 Å². The van der Waals surface area contributed by atoms with Crippen LogP contribution >= 0.6 is 0 Å². The van der Waals surface area contributed by atoms with Gasteiger partial charge in [-0.3, -0.25) is 4.79 Å². The van der Waals surface area contributed by atoms with E-state index in [0.29, 0.717) is 17.9 Å². The largest absolute Gasteiger partial charge is 0.481 e. The van der Waals surface area contributed by atoms with Crippen molar-refractivity contribution >= 4 is 5.91 Å². The molecule has 1 N–H and O–H groups in total. The van der Waals surface area contributed by atoms with Crippen LogP contribution in [0.15, 0.2) is 48.5 Å². The van der Waals surface area contributed by atoms with Crippen LogP contribution in [0.3, 0.4) is 0 Å². The molecule has 2 aromatic rings. The minimum absolute atomic E-state index is 0.0852. The molecule has 2 atom stereocenters. The minimum Gasteiger partial charge on any atom is -0.481 e. The van der Waals surface area contributed by atoms with Gasteiger partial charge in [0.2, 0.25) is 0 Å². The maximum absolute atomic E-state index is 12.4. The minimum atomic E-state index is -0.622. The number of nitriles is 1. The summed E-state index contributed by atoms with van der Waals surface area (Å²) in [5.74, 6) is 0.396. The molecule has 142 valence electrons. The van der Waals surface area contributed by atoms with Gasteiger partial charge in [0.1, 0.15) is 5.75 Å². The summed E-state index contributed by atoms with van der Waals surface area (Å²) in [4.78, 5) is 14.5. The van der Waals surface area contributed by atoms with Gasteiger partial charge in [0.05, 0.1) is 17.7 Å². The Morgan fingerprint density at radius 2 is 1.78 bits per heavy atom. The predicted molar refractivity (Wildman–Crippen MR) is 107 cm³/mol. The second-order valence-electron chi connectivity index (χ2n) is 6.72. The van der Waals surface area contributed by atoms with Crippen molar-refractivity contribution in [3.63, 3.8) is 0 Å². The zero-order valence-corrected chi connectivity index (χ0v) is 16.4. The number of hydrogen-bond acceptors (Lipinski definition) is 4. The third-order valence-corrected chi connectivity index (χ3v) is 4.53. The normalized spacial score (nSPS) is 12.9. The smallest absolute Gasteiger partial charge is 0.260 e. The topological polar surface area (TPSA) is 65.4 Å². The number of carbonyl (C=O) groups is 1. The quantitative estimate of drug-likeness (QED) is 0.779. The van der Waals surface area contributed by atoms with E-state index in [-0.39, 0.29) is 11.9 Å². The molecule has 0 radical (unpaired) electrons. The van der Waals surface area contributed by atoms with Gasteiger partial charge in [0, 0.05) is 6.54 Å². The van der Waals surface area contributed by atoms with Crippen molar-refractivity contribution in [3.8, 4) is 11.8 Å². The van der Waals surface area contributed by atoms with Crippen molar-refractivity contribution < 1.29 is 9.53 Å². The molecule has 0 aromatic heterocycles. The maximum atomic E-state index is 12.4. The third-order valence-electron chi connectivity index (χ3n) is 4.53. The fourth-order valence-electron chi connectivity index (χ4n) is 2.78. The van der Waals surface area contributed by atoms with Crippen molar-refractivity contribution in [2.75, 3.05) is 20.6 Å². The Morgan fingerprint density at radius 1 is 1.15 bits per heavy atom. The van der Waals surface area contributed by atoms with E-state index in [4.69, 9.17) is 10.00 Å². The molecule has 0 spiro atoms. The standard InChI is InChI=1S/C22H27N3O2/c1-5-17-6-10-19(11-7-17)21(25(3)4)15-24-22(26)16(2)27-20-12-8-18(14-23)9-13-20/h6-13,16,21H,5,15H2,1-4H3,(H,24,26). The molecule has 5 nitrogen and oxygen atoms in total. The van der Waals surface area contributed by atoms with Crippen LogP contribution in [0.2, 0.25) is 0 Å². The van der Waals surface area contributed by atoms with E-state index in [1.54, 1.807) is 31.2 Å². The summed E-state index contributed by atoms with van der Waals surface area (Å²) >= 11 is 0. The van der Waals surface area contributed by atoms with Crippen molar-refractivity contribution in [3.05, 3.63) is 65.2 Å². The molecule has 1 amide bonds. The summed E-state index contributed by atoms with van der Waals surface area (Å²) in [6.45, 7) is 4.35. The molecule has 2 unspecified atom stereocenters. The average Bonchev–Trinajstić information content (AvgIpc) is 2.68. The summed E-state index contributed by atoms with van der Waals surface area (Å²) in [6, 6.07) is 17.4. The van der Waals surface area contributed by atoms with E-state index < -0.39 is 6.10 Å². The maximum Gasteiger partial charge on any atom is 0.260 e. The van der Waals surface area contributed by atoms with Crippen LogP contribution in [0.25, 0.3) is 0 Å². The molecule has 2 aromatic carbocycles. The highest BCUT2D eigenvalue weighted by molar-refractivity contribution is 5.80. The Morgan fingerprint density at radius 3 is 2.30 bits per heavy atom. The number of rotatable bonds is 8. The van der Waals surface area contributed by atoms with E-state index in [2.05, 4.69) is 47.5 Å². The lowest BCUT2D eigenvalue weighted by atomic mass is 10.0. The first-order chi connectivity index (χ1) is 12.9. The van der Waals surface area contributed by atoms with Crippen molar-refractivity contribution in [1.82, 2.24) is 10.2 Å². The molecule has 5 heteroatoms. The third kappa shape index (κ3) is 5.83. The predicted octanol–water partition coefficient (Wildman–Crippen LogP) is 3.31. The summed E-state index contributed by atoms with van der Waals surface area (Å²) in [5, 5.41) is 11.8. The molecule has 0 heterocycles. The monoisotopic (exact) mass is 365 g/mol. The molecule has 0 fully saturated rings. The number of ether oxygens (including phenoxy) is 1. The molecule has 0 bridgehead atoms. The highest BCUT2D eigenvalue weighted by Gasteiger charge is 2.19. The number of nitrogens with one attached hydrogen (secondary N) is 1. The lowest BCUT2D eigenvalue weighted by molar-refractivity contribution is -0.127. The Labute approximate surface area is 161 Å². The summed E-state index contributed by atoms with van der Waals surface area (Å²) in [7, 11) is 4.00. The van der Waals surface area contributed by atoms with Crippen LogP contribution in [0, 0.1) is 11.3 Å².